The van der Waals surface area contributed by atoms with Crippen LogP contribution in [-0.2, 0) is 6.42 Å². The fourth-order valence-electron chi connectivity index (χ4n) is 1.67. The minimum atomic E-state index is -0.172. The van der Waals surface area contributed by atoms with Gasteiger partial charge in [0.1, 0.15) is 18.1 Å². The van der Waals surface area contributed by atoms with Gasteiger partial charge in [0.2, 0.25) is 0 Å². The molecular formula is C12H14FN3O2. The summed E-state index contributed by atoms with van der Waals surface area (Å²) >= 11 is 0. The van der Waals surface area contributed by atoms with Gasteiger partial charge in [-0.25, -0.2) is 9.37 Å². The maximum atomic E-state index is 12.3. The van der Waals surface area contributed by atoms with Gasteiger partial charge in [0.25, 0.3) is 5.91 Å². The number of carbonyl (C=O) groups excluding carboxylic acids is 1. The zero-order valence-corrected chi connectivity index (χ0v) is 9.78. The van der Waals surface area contributed by atoms with Crippen molar-refractivity contribution in [3.8, 4) is 5.75 Å². The van der Waals surface area contributed by atoms with Gasteiger partial charge in [-0.2, -0.15) is 0 Å². The molecule has 1 aromatic heterocycles. The zero-order chi connectivity index (χ0) is 13.0. The van der Waals surface area contributed by atoms with Crippen molar-refractivity contribution in [2.45, 2.75) is 6.42 Å². The van der Waals surface area contributed by atoms with Gasteiger partial charge in [-0.1, -0.05) is 0 Å². The molecule has 0 radical (unpaired) electrons. The molecule has 5 nitrogen and oxygen atoms in total. The number of ether oxygens (including phenoxy) is 1. The van der Waals surface area contributed by atoms with Crippen LogP contribution in [0.25, 0.3) is 0 Å². The molecule has 2 rings (SSSR count). The van der Waals surface area contributed by atoms with E-state index in [1.54, 1.807) is 6.07 Å². The van der Waals surface area contributed by atoms with E-state index in [1.165, 1.54) is 6.20 Å². The number of rotatable bonds is 4. The third-order valence-corrected chi connectivity index (χ3v) is 2.68. The second-order valence-corrected chi connectivity index (χ2v) is 3.94. The van der Waals surface area contributed by atoms with Crippen LogP contribution >= 0.6 is 0 Å². The largest absolute Gasteiger partial charge is 0.487 e. The molecule has 18 heavy (non-hydrogen) atoms. The van der Waals surface area contributed by atoms with Gasteiger partial charge in [-0.3, -0.25) is 4.79 Å². The molecule has 1 aliphatic heterocycles. The number of fused-ring (bicyclic) bond motifs is 1. The van der Waals surface area contributed by atoms with E-state index in [2.05, 4.69) is 10.3 Å². The van der Waals surface area contributed by atoms with Crippen LogP contribution in [0.1, 0.15) is 16.1 Å². The van der Waals surface area contributed by atoms with Gasteiger partial charge in [0, 0.05) is 18.7 Å². The first kappa shape index (κ1) is 12.5. The van der Waals surface area contributed by atoms with Gasteiger partial charge in [0.05, 0.1) is 12.5 Å². The third kappa shape index (κ3) is 2.65. The highest BCUT2D eigenvalue weighted by Gasteiger charge is 2.18. The molecule has 0 fully saturated rings. The van der Waals surface area contributed by atoms with Crippen molar-refractivity contribution < 1.29 is 13.9 Å². The summed E-state index contributed by atoms with van der Waals surface area (Å²) in [6.45, 7) is 0.784. The highest BCUT2D eigenvalue weighted by atomic mass is 19.1. The number of halogens is 1. The van der Waals surface area contributed by atoms with Gasteiger partial charge < -0.3 is 15.8 Å². The molecule has 0 saturated carbocycles. The Hall–Kier alpha value is -1.95. The van der Waals surface area contributed by atoms with Crippen molar-refractivity contribution in [3.05, 3.63) is 35.4 Å². The molecule has 0 aliphatic carbocycles. The standard InChI is InChI=1S/C12H14FN3O2/c13-4-8(5-14)7-18-10-3-9-1-2-15-12(17)11(9)16-6-10/h3-4,6H,1-2,5,7,14H2,(H,15,17)/b8-4+. The summed E-state index contributed by atoms with van der Waals surface area (Å²) in [6, 6.07) is 1.76. The first-order valence-electron chi connectivity index (χ1n) is 5.62. The Morgan fingerprint density at radius 2 is 2.50 bits per heavy atom. The molecule has 1 aliphatic rings. The highest BCUT2D eigenvalue weighted by Crippen LogP contribution is 2.18. The van der Waals surface area contributed by atoms with Gasteiger partial charge in [-0.15, -0.1) is 0 Å². The van der Waals surface area contributed by atoms with Crippen LogP contribution in [0, 0.1) is 0 Å². The second-order valence-electron chi connectivity index (χ2n) is 3.94. The Morgan fingerprint density at radius 1 is 1.67 bits per heavy atom. The number of nitrogens with one attached hydrogen (secondary N) is 1. The quantitative estimate of drug-likeness (QED) is 0.819. The summed E-state index contributed by atoms with van der Waals surface area (Å²) < 4.78 is 17.7. The Bertz CT molecular complexity index is 488. The molecular weight excluding hydrogens is 237 g/mol. The first-order chi connectivity index (χ1) is 8.74. The Morgan fingerprint density at radius 3 is 3.22 bits per heavy atom. The molecule has 0 spiro atoms. The first-order valence-corrected chi connectivity index (χ1v) is 5.62. The SMILES string of the molecule is NC/C(=C\F)COc1cnc2c(c1)CCNC2=O. The third-order valence-electron chi connectivity index (χ3n) is 2.68. The van der Waals surface area contributed by atoms with Gasteiger partial charge in [-0.05, 0) is 18.1 Å². The van der Waals surface area contributed by atoms with E-state index in [0.717, 1.165) is 5.56 Å². The molecule has 1 aromatic rings. The zero-order valence-electron chi connectivity index (χ0n) is 9.78. The summed E-state index contributed by atoms with van der Waals surface area (Å²) in [4.78, 5) is 15.5. The van der Waals surface area contributed by atoms with Crippen molar-refractivity contribution in [2.24, 2.45) is 5.73 Å². The molecule has 0 aromatic carbocycles. The van der Waals surface area contributed by atoms with Crippen molar-refractivity contribution in [1.29, 1.82) is 0 Å². The van der Waals surface area contributed by atoms with E-state index in [1.807, 2.05) is 0 Å². The Labute approximate surface area is 104 Å². The summed E-state index contributed by atoms with van der Waals surface area (Å²) in [5, 5.41) is 2.71. The van der Waals surface area contributed by atoms with Crippen molar-refractivity contribution in [2.75, 3.05) is 19.7 Å². The average Bonchev–Trinajstić information content (AvgIpc) is 2.40. The van der Waals surface area contributed by atoms with Crippen molar-refractivity contribution >= 4 is 5.91 Å². The number of pyridine rings is 1. The minimum absolute atomic E-state index is 0.0830. The van der Waals surface area contributed by atoms with E-state index in [-0.39, 0.29) is 19.1 Å². The normalized spacial score (nSPS) is 15.0. The van der Waals surface area contributed by atoms with E-state index in [4.69, 9.17) is 10.5 Å². The lowest BCUT2D eigenvalue weighted by Crippen LogP contribution is -2.32. The second kappa shape index (κ2) is 5.59. The van der Waals surface area contributed by atoms with Gasteiger partial charge in [0.15, 0.2) is 0 Å². The highest BCUT2D eigenvalue weighted by molar-refractivity contribution is 5.94. The Balaban J connectivity index is 2.09. The number of carbonyl (C=O) groups is 1. The lowest BCUT2D eigenvalue weighted by Gasteiger charge is -2.16. The number of hydrogen-bond acceptors (Lipinski definition) is 4. The molecule has 1 amide bonds. The molecule has 6 heteroatoms. The van der Waals surface area contributed by atoms with Crippen LogP contribution < -0.4 is 15.8 Å². The summed E-state index contributed by atoms with van der Waals surface area (Å²) in [7, 11) is 0. The number of aromatic nitrogens is 1. The van der Waals surface area contributed by atoms with Crippen molar-refractivity contribution in [3.63, 3.8) is 0 Å². The predicted octanol–water partition coefficient (Wildman–Crippen LogP) is 0.558. The monoisotopic (exact) mass is 251 g/mol. The topological polar surface area (TPSA) is 77.2 Å². The molecule has 0 unspecified atom stereocenters. The minimum Gasteiger partial charge on any atom is -0.487 e. The summed E-state index contributed by atoms with van der Waals surface area (Å²) in [5.74, 6) is 0.338. The predicted molar refractivity (Wildman–Crippen MR) is 64.0 cm³/mol. The molecule has 0 bridgehead atoms. The lowest BCUT2D eigenvalue weighted by molar-refractivity contribution is 0.0940. The number of amides is 1. The molecule has 96 valence electrons. The van der Waals surface area contributed by atoms with Crippen LogP contribution in [0.5, 0.6) is 5.75 Å². The van der Waals surface area contributed by atoms with E-state index in [9.17, 15) is 9.18 Å². The van der Waals surface area contributed by atoms with Crippen LogP contribution in [0.3, 0.4) is 0 Å². The number of nitrogens with zero attached hydrogens (tertiary/aromatic N) is 1. The molecule has 3 N–H and O–H groups in total. The molecule has 0 saturated heterocycles. The van der Waals surface area contributed by atoms with Crippen LogP contribution in [0.15, 0.2) is 24.2 Å². The fraction of sp³-hybridized carbons (Fsp3) is 0.333. The van der Waals surface area contributed by atoms with E-state index >= 15 is 0 Å². The van der Waals surface area contributed by atoms with Crippen LogP contribution in [-0.4, -0.2) is 30.6 Å². The summed E-state index contributed by atoms with van der Waals surface area (Å²) in [5.41, 5.74) is 6.95. The molecule has 2 heterocycles. The summed E-state index contributed by atoms with van der Waals surface area (Å²) in [6.07, 6.45) is 2.61. The lowest BCUT2D eigenvalue weighted by atomic mass is 10.1. The maximum absolute atomic E-state index is 12.3. The van der Waals surface area contributed by atoms with E-state index in [0.29, 0.717) is 36.3 Å². The fourth-order valence-corrected chi connectivity index (χ4v) is 1.67. The van der Waals surface area contributed by atoms with Crippen LogP contribution in [0.2, 0.25) is 0 Å². The Kier molecular flexibility index (Phi) is 3.88. The maximum Gasteiger partial charge on any atom is 0.270 e. The molecule has 0 atom stereocenters. The van der Waals surface area contributed by atoms with Crippen molar-refractivity contribution in [1.82, 2.24) is 10.3 Å². The number of nitrogens with two attached hydrogens (primary N) is 1. The average molecular weight is 251 g/mol. The number of hydrogen-bond donors (Lipinski definition) is 2. The van der Waals surface area contributed by atoms with E-state index < -0.39 is 0 Å². The smallest absolute Gasteiger partial charge is 0.270 e. The van der Waals surface area contributed by atoms with Gasteiger partial charge >= 0.3 is 0 Å². The van der Waals surface area contributed by atoms with Crippen LogP contribution in [0.4, 0.5) is 4.39 Å².